The minimum atomic E-state index is -3.78. The summed E-state index contributed by atoms with van der Waals surface area (Å²) in [5.41, 5.74) is 0. The molecule has 8 nitrogen and oxygen atoms in total. The fourth-order valence-corrected chi connectivity index (χ4v) is 6.43. The van der Waals surface area contributed by atoms with Crippen LogP contribution in [0.5, 0.6) is 0 Å². The molecule has 33 heavy (non-hydrogen) atoms. The Hall–Kier alpha value is -2.04. The highest BCUT2D eigenvalue weighted by molar-refractivity contribution is 7.89. The molecular formula is C23H33FN4O4S. The van der Waals surface area contributed by atoms with Gasteiger partial charge in [-0.25, -0.2) is 12.8 Å². The largest absolute Gasteiger partial charge is 0.340 e. The Morgan fingerprint density at radius 1 is 0.879 bits per heavy atom. The van der Waals surface area contributed by atoms with Gasteiger partial charge in [-0.3, -0.25) is 14.5 Å². The van der Waals surface area contributed by atoms with E-state index in [1.807, 2.05) is 4.90 Å². The lowest BCUT2D eigenvalue weighted by atomic mass is 9.88. The number of carbonyl (C=O) groups is 2. The Labute approximate surface area is 195 Å². The Morgan fingerprint density at radius 3 is 2.15 bits per heavy atom. The quantitative estimate of drug-likeness (QED) is 0.636. The van der Waals surface area contributed by atoms with Crippen LogP contribution < -0.4 is 0 Å². The molecule has 0 atom stereocenters. The zero-order valence-corrected chi connectivity index (χ0v) is 19.8. The molecule has 0 aromatic heterocycles. The first-order valence-electron chi connectivity index (χ1n) is 11.9. The van der Waals surface area contributed by atoms with Crippen molar-refractivity contribution in [2.75, 3.05) is 58.9 Å². The molecule has 10 heteroatoms. The number of amides is 2. The Morgan fingerprint density at radius 2 is 1.52 bits per heavy atom. The molecule has 4 rings (SSSR count). The summed E-state index contributed by atoms with van der Waals surface area (Å²) in [6, 6.07) is 4.99. The maximum absolute atomic E-state index is 13.5. The summed E-state index contributed by atoms with van der Waals surface area (Å²) in [6.07, 6.45) is 5.50. The predicted octanol–water partition coefficient (Wildman–Crippen LogP) is 1.38. The van der Waals surface area contributed by atoms with Crippen molar-refractivity contribution < 1.29 is 22.4 Å². The van der Waals surface area contributed by atoms with Gasteiger partial charge < -0.3 is 9.80 Å². The Bertz CT molecular complexity index is 951. The summed E-state index contributed by atoms with van der Waals surface area (Å²) in [5, 5.41) is 0. The first kappa shape index (κ1) is 24.1. The van der Waals surface area contributed by atoms with Gasteiger partial charge in [0.25, 0.3) is 0 Å². The van der Waals surface area contributed by atoms with Gasteiger partial charge in [0.2, 0.25) is 21.8 Å². The number of benzene rings is 1. The summed E-state index contributed by atoms with van der Waals surface area (Å²) in [7, 11) is -3.78. The second kappa shape index (κ2) is 10.5. The van der Waals surface area contributed by atoms with Crippen LogP contribution in [0.1, 0.15) is 32.1 Å². The number of hydrogen-bond donors (Lipinski definition) is 0. The molecule has 3 aliphatic rings. The van der Waals surface area contributed by atoms with E-state index < -0.39 is 15.8 Å². The summed E-state index contributed by atoms with van der Waals surface area (Å²) >= 11 is 0. The lowest BCUT2D eigenvalue weighted by molar-refractivity contribution is -0.139. The van der Waals surface area contributed by atoms with E-state index in [0.717, 1.165) is 31.7 Å². The van der Waals surface area contributed by atoms with Crippen molar-refractivity contribution in [2.45, 2.75) is 37.0 Å². The van der Waals surface area contributed by atoms with Crippen LogP contribution in [0.4, 0.5) is 4.39 Å². The van der Waals surface area contributed by atoms with Gasteiger partial charge in [0.15, 0.2) is 0 Å². The van der Waals surface area contributed by atoms with E-state index in [-0.39, 0.29) is 42.3 Å². The van der Waals surface area contributed by atoms with Crippen LogP contribution in [0.3, 0.4) is 0 Å². The molecule has 0 N–H and O–H groups in total. The van der Waals surface area contributed by atoms with Crippen LogP contribution in [-0.2, 0) is 19.6 Å². The van der Waals surface area contributed by atoms with E-state index in [9.17, 15) is 22.4 Å². The zero-order chi connectivity index (χ0) is 23.4. The summed E-state index contributed by atoms with van der Waals surface area (Å²) < 4.78 is 40.3. The number of halogens is 1. The molecule has 0 unspecified atom stereocenters. The second-order valence-corrected chi connectivity index (χ2v) is 11.1. The van der Waals surface area contributed by atoms with Gasteiger partial charge in [-0.15, -0.1) is 0 Å². The van der Waals surface area contributed by atoms with Crippen LogP contribution in [-0.4, -0.2) is 98.1 Å². The standard InChI is InChI=1S/C23H33FN4O4S/c24-20-7-4-8-21(17-20)33(31,32)28-15-13-26(14-16-28)22(29)18-25-9-11-27(12-10-25)23(30)19-5-2-1-3-6-19/h4,7-8,17,19H,1-3,5-6,9-16,18H2. The third-order valence-corrected chi connectivity index (χ3v) is 8.92. The van der Waals surface area contributed by atoms with Crippen molar-refractivity contribution in [1.82, 2.24) is 19.0 Å². The molecule has 1 saturated carbocycles. The SMILES string of the molecule is O=C(CN1CCN(C(=O)C2CCCCC2)CC1)N1CCN(S(=O)(=O)c2cccc(F)c2)CC1. The van der Waals surface area contributed by atoms with Crippen molar-refractivity contribution in [3.05, 3.63) is 30.1 Å². The van der Waals surface area contributed by atoms with Gasteiger partial charge in [0.1, 0.15) is 5.82 Å². The zero-order valence-electron chi connectivity index (χ0n) is 19.0. The van der Waals surface area contributed by atoms with Crippen molar-refractivity contribution in [3.8, 4) is 0 Å². The topological polar surface area (TPSA) is 81.2 Å². The van der Waals surface area contributed by atoms with Gasteiger partial charge in [0, 0.05) is 58.3 Å². The molecule has 2 aliphatic heterocycles. The third kappa shape index (κ3) is 5.73. The number of rotatable bonds is 5. The minimum Gasteiger partial charge on any atom is -0.340 e. The highest BCUT2D eigenvalue weighted by atomic mass is 32.2. The number of carbonyl (C=O) groups excluding carboxylic acids is 2. The van der Waals surface area contributed by atoms with E-state index in [2.05, 4.69) is 4.90 Å². The van der Waals surface area contributed by atoms with E-state index in [0.29, 0.717) is 39.3 Å². The number of hydrogen-bond acceptors (Lipinski definition) is 5. The summed E-state index contributed by atoms with van der Waals surface area (Å²) in [5.74, 6) is -0.168. The molecule has 182 valence electrons. The van der Waals surface area contributed by atoms with Gasteiger partial charge >= 0.3 is 0 Å². The molecule has 3 fully saturated rings. The molecule has 0 spiro atoms. The van der Waals surface area contributed by atoms with Crippen molar-refractivity contribution >= 4 is 21.8 Å². The van der Waals surface area contributed by atoms with E-state index in [4.69, 9.17) is 0 Å². The van der Waals surface area contributed by atoms with Crippen LogP contribution in [0.15, 0.2) is 29.2 Å². The van der Waals surface area contributed by atoms with Crippen molar-refractivity contribution in [2.24, 2.45) is 5.92 Å². The van der Waals surface area contributed by atoms with Crippen molar-refractivity contribution in [3.63, 3.8) is 0 Å². The Balaban J connectivity index is 1.22. The number of nitrogens with zero attached hydrogens (tertiary/aromatic N) is 4. The third-order valence-electron chi connectivity index (χ3n) is 7.02. The van der Waals surface area contributed by atoms with Gasteiger partial charge in [-0.2, -0.15) is 4.31 Å². The average molecular weight is 481 g/mol. The molecule has 2 amide bonds. The monoisotopic (exact) mass is 480 g/mol. The van der Waals surface area contributed by atoms with E-state index in [1.54, 1.807) is 4.90 Å². The maximum Gasteiger partial charge on any atom is 0.243 e. The molecule has 2 saturated heterocycles. The van der Waals surface area contributed by atoms with Gasteiger partial charge in [-0.1, -0.05) is 25.3 Å². The fraction of sp³-hybridized carbons (Fsp3) is 0.652. The van der Waals surface area contributed by atoms with Crippen LogP contribution in [0, 0.1) is 11.7 Å². The van der Waals surface area contributed by atoms with Gasteiger partial charge in [-0.05, 0) is 31.0 Å². The lowest BCUT2D eigenvalue weighted by Crippen LogP contribution is -2.55. The van der Waals surface area contributed by atoms with Crippen LogP contribution in [0.25, 0.3) is 0 Å². The average Bonchev–Trinajstić information content (AvgIpc) is 2.84. The number of piperazine rings is 2. The Kier molecular flexibility index (Phi) is 7.65. The normalized spacial score (nSPS) is 21.8. The van der Waals surface area contributed by atoms with Gasteiger partial charge in [0.05, 0.1) is 11.4 Å². The molecule has 1 aliphatic carbocycles. The molecule has 0 bridgehead atoms. The molecular weight excluding hydrogens is 447 g/mol. The fourth-order valence-electron chi connectivity index (χ4n) is 4.98. The van der Waals surface area contributed by atoms with E-state index in [1.165, 1.54) is 28.9 Å². The predicted molar refractivity (Wildman–Crippen MR) is 121 cm³/mol. The highest BCUT2D eigenvalue weighted by Crippen LogP contribution is 2.26. The minimum absolute atomic E-state index is 0.0233. The molecule has 1 aromatic carbocycles. The molecule has 0 radical (unpaired) electrons. The van der Waals surface area contributed by atoms with E-state index >= 15 is 0 Å². The number of sulfonamides is 1. The molecule has 2 heterocycles. The van der Waals surface area contributed by atoms with Crippen LogP contribution in [0.2, 0.25) is 0 Å². The first-order chi connectivity index (χ1) is 15.8. The summed E-state index contributed by atoms with van der Waals surface area (Å²) in [4.78, 5) is 31.2. The highest BCUT2D eigenvalue weighted by Gasteiger charge is 2.32. The van der Waals surface area contributed by atoms with Crippen LogP contribution >= 0.6 is 0 Å². The smallest absolute Gasteiger partial charge is 0.243 e. The lowest BCUT2D eigenvalue weighted by Gasteiger charge is -2.38. The second-order valence-electron chi connectivity index (χ2n) is 9.18. The van der Waals surface area contributed by atoms with Crippen molar-refractivity contribution in [1.29, 1.82) is 0 Å². The first-order valence-corrected chi connectivity index (χ1v) is 13.3. The summed E-state index contributed by atoms with van der Waals surface area (Å²) in [6.45, 7) is 3.95. The maximum atomic E-state index is 13.5. The molecule has 1 aromatic rings.